The van der Waals surface area contributed by atoms with Crippen molar-refractivity contribution >= 4 is 5.78 Å². The molecule has 1 atom stereocenters. The van der Waals surface area contributed by atoms with E-state index in [9.17, 15) is 4.79 Å². The van der Waals surface area contributed by atoms with Crippen LogP contribution in [0, 0.1) is 5.41 Å². The maximum Gasteiger partial charge on any atom is 0.163 e. The Morgan fingerprint density at radius 2 is 1.92 bits per heavy atom. The van der Waals surface area contributed by atoms with Gasteiger partial charge in [0.15, 0.2) is 5.78 Å². The van der Waals surface area contributed by atoms with Crippen LogP contribution >= 0.6 is 0 Å². The molecule has 0 aromatic rings. The lowest BCUT2D eigenvalue weighted by atomic mass is 9.91. The highest BCUT2D eigenvalue weighted by atomic mass is 16.5. The van der Waals surface area contributed by atoms with Crippen molar-refractivity contribution in [1.29, 1.82) is 0 Å². The van der Waals surface area contributed by atoms with E-state index in [1.165, 1.54) is 0 Å². The van der Waals surface area contributed by atoms with Gasteiger partial charge in [-0.3, -0.25) is 4.79 Å². The number of carbonyl (C=O) groups is 1. The summed E-state index contributed by atoms with van der Waals surface area (Å²) in [7, 11) is 1.62. The Labute approximate surface area is 80.4 Å². The van der Waals surface area contributed by atoms with Crippen LogP contribution in [0.1, 0.15) is 27.7 Å². The molecule has 0 N–H and O–H groups in total. The second-order valence-electron chi connectivity index (χ2n) is 4.23. The third kappa shape index (κ3) is 5.77. The Morgan fingerprint density at radius 1 is 1.38 bits per heavy atom. The molecule has 0 heterocycles. The summed E-state index contributed by atoms with van der Waals surface area (Å²) in [6.45, 7) is 8.21. The fraction of sp³-hybridized carbons (Fsp3) is 0.900. The summed E-state index contributed by atoms with van der Waals surface area (Å²) in [5.74, 6) is 0.121. The van der Waals surface area contributed by atoms with Crippen LogP contribution in [0.15, 0.2) is 0 Å². The second-order valence-corrected chi connectivity index (χ2v) is 4.23. The number of hydrogen-bond acceptors (Lipinski definition) is 3. The summed E-state index contributed by atoms with van der Waals surface area (Å²) in [4.78, 5) is 11.4. The minimum atomic E-state index is -0.309. The van der Waals surface area contributed by atoms with Crippen LogP contribution in [0.2, 0.25) is 0 Å². The third-order valence-corrected chi connectivity index (χ3v) is 1.82. The average molecular weight is 188 g/mol. The molecule has 0 saturated heterocycles. The standard InChI is InChI=1S/C10H20O3/c1-8(12-5)6-13-7-9(11)10(2,3)4/h8H,6-7H2,1-5H3. The van der Waals surface area contributed by atoms with Gasteiger partial charge < -0.3 is 9.47 Å². The summed E-state index contributed by atoms with van der Waals surface area (Å²) in [6.07, 6.45) is 0.0489. The molecule has 0 bridgehead atoms. The first-order valence-corrected chi connectivity index (χ1v) is 4.51. The van der Waals surface area contributed by atoms with Crippen LogP contribution in [-0.2, 0) is 14.3 Å². The Kier molecular flexibility index (Phi) is 5.18. The van der Waals surface area contributed by atoms with Crippen molar-refractivity contribution in [2.75, 3.05) is 20.3 Å². The Morgan fingerprint density at radius 3 is 2.31 bits per heavy atom. The number of carbonyl (C=O) groups excluding carboxylic acids is 1. The van der Waals surface area contributed by atoms with Gasteiger partial charge in [-0.2, -0.15) is 0 Å². The zero-order chi connectivity index (χ0) is 10.5. The highest BCUT2D eigenvalue weighted by molar-refractivity contribution is 5.84. The smallest absolute Gasteiger partial charge is 0.163 e. The summed E-state index contributed by atoms with van der Waals surface area (Å²) < 4.78 is 10.2. The number of hydrogen-bond donors (Lipinski definition) is 0. The minimum absolute atomic E-state index is 0.0489. The van der Waals surface area contributed by atoms with E-state index in [1.807, 2.05) is 27.7 Å². The van der Waals surface area contributed by atoms with E-state index in [4.69, 9.17) is 9.47 Å². The maximum absolute atomic E-state index is 11.4. The van der Waals surface area contributed by atoms with Crippen molar-refractivity contribution in [2.24, 2.45) is 5.41 Å². The van der Waals surface area contributed by atoms with Crippen LogP contribution in [0.25, 0.3) is 0 Å². The molecule has 1 unspecified atom stereocenters. The van der Waals surface area contributed by atoms with Crippen LogP contribution in [0.3, 0.4) is 0 Å². The minimum Gasteiger partial charge on any atom is -0.379 e. The van der Waals surface area contributed by atoms with Gasteiger partial charge in [0.1, 0.15) is 6.61 Å². The normalized spacial score (nSPS) is 14.2. The molecule has 0 radical (unpaired) electrons. The number of rotatable bonds is 5. The van der Waals surface area contributed by atoms with Gasteiger partial charge in [0, 0.05) is 12.5 Å². The quantitative estimate of drug-likeness (QED) is 0.658. The molecule has 0 fully saturated rings. The number of ketones is 1. The van der Waals surface area contributed by atoms with Gasteiger partial charge in [0.05, 0.1) is 12.7 Å². The first kappa shape index (κ1) is 12.6. The van der Waals surface area contributed by atoms with E-state index < -0.39 is 0 Å². The molecule has 0 amide bonds. The molecule has 0 aromatic heterocycles. The molecule has 13 heavy (non-hydrogen) atoms. The van der Waals surface area contributed by atoms with E-state index in [0.29, 0.717) is 6.61 Å². The molecule has 0 rings (SSSR count). The predicted octanol–water partition coefficient (Wildman–Crippen LogP) is 1.65. The van der Waals surface area contributed by atoms with Gasteiger partial charge in [-0.05, 0) is 6.92 Å². The highest BCUT2D eigenvalue weighted by Crippen LogP contribution is 2.14. The van der Waals surface area contributed by atoms with E-state index in [0.717, 1.165) is 0 Å². The average Bonchev–Trinajstić information content (AvgIpc) is 2.02. The van der Waals surface area contributed by atoms with E-state index >= 15 is 0 Å². The summed E-state index contributed by atoms with van der Waals surface area (Å²) in [5, 5.41) is 0. The van der Waals surface area contributed by atoms with Crippen molar-refractivity contribution in [3.8, 4) is 0 Å². The zero-order valence-electron chi connectivity index (χ0n) is 9.22. The van der Waals surface area contributed by atoms with E-state index in [-0.39, 0.29) is 23.9 Å². The molecule has 0 aromatic carbocycles. The lowest BCUT2D eigenvalue weighted by Gasteiger charge is -2.17. The van der Waals surface area contributed by atoms with Crippen molar-refractivity contribution in [3.63, 3.8) is 0 Å². The molecule has 0 aliphatic rings. The van der Waals surface area contributed by atoms with Crippen LogP contribution in [-0.4, -0.2) is 32.2 Å². The molecule has 0 aliphatic carbocycles. The highest BCUT2D eigenvalue weighted by Gasteiger charge is 2.20. The Hall–Kier alpha value is -0.410. The Bertz CT molecular complexity index is 158. The fourth-order valence-electron chi connectivity index (χ4n) is 0.602. The topological polar surface area (TPSA) is 35.5 Å². The third-order valence-electron chi connectivity index (χ3n) is 1.82. The first-order chi connectivity index (χ1) is 5.88. The van der Waals surface area contributed by atoms with Crippen molar-refractivity contribution in [3.05, 3.63) is 0 Å². The van der Waals surface area contributed by atoms with Crippen molar-refractivity contribution in [2.45, 2.75) is 33.8 Å². The molecular weight excluding hydrogens is 168 g/mol. The second kappa shape index (κ2) is 5.35. The molecule has 0 spiro atoms. The Balaban J connectivity index is 3.60. The van der Waals surface area contributed by atoms with Gasteiger partial charge in [0.25, 0.3) is 0 Å². The van der Waals surface area contributed by atoms with Crippen LogP contribution in [0.5, 0.6) is 0 Å². The molecule has 3 nitrogen and oxygen atoms in total. The van der Waals surface area contributed by atoms with Crippen molar-refractivity contribution < 1.29 is 14.3 Å². The lowest BCUT2D eigenvalue weighted by molar-refractivity contribution is -0.132. The predicted molar refractivity (Wildman–Crippen MR) is 51.8 cm³/mol. The largest absolute Gasteiger partial charge is 0.379 e. The summed E-state index contributed by atoms with van der Waals surface area (Å²) in [5.41, 5.74) is -0.309. The number of Topliss-reactive ketones (excluding diaryl/α,β-unsaturated/α-hetero) is 1. The van der Waals surface area contributed by atoms with Crippen LogP contribution in [0.4, 0.5) is 0 Å². The molecule has 0 aliphatic heterocycles. The maximum atomic E-state index is 11.4. The van der Waals surface area contributed by atoms with Gasteiger partial charge >= 0.3 is 0 Å². The summed E-state index contributed by atoms with van der Waals surface area (Å²) >= 11 is 0. The van der Waals surface area contributed by atoms with Gasteiger partial charge in [-0.15, -0.1) is 0 Å². The van der Waals surface area contributed by atoms with Gasteiger partial charge in [-0.1, -0.05) is 20.8 Å². The first-order valence-electron chi connectivity index (χ1n) is 4.51. The van der Waals surface area contributed by atoms with Crippen molar-refractivity contribution in [1.82, 2.24) is 0 Å². The number of ether oxygens (including phenoxy) is 2. The molecule has 3 heteroatoms. The number of methoxy groups -OCH3 is 1. The molecule has 0 saturated carbocycles. The molecule has 78 valence electrons. The van der Waals surface area contributed by atoms with Gasteiger partial charge in [-0.25, -0.2) is 0 Å². The van der Waals surface area contributed by atoms with E-state index in [1.54, 1.807) is 7.11 Å². The van der Waals surface area contributed by atoms with Gasteiger partial charge in [0.2, 0.25) is 0 Å². The lowest BCUT2D eigenvalue weighted by Crippen LogP contribution is -2.26. The van der Waals surface area contributed by atoms with Crippen LogP contribution < -0.4 is 0 Å². The summed E-state index contributed by atoms with van der Waals surface area (Å²) in [6, 6.07) is 0. The molecular formula is C10H20O3. The zero-order valence-corrected chi connectivity index (χ0v) is 9.22. The van der Waals surface area contributed by atoms with E-state index in [2.05, 4.69) is 0 Å². The SMILES string of the molecule is COC(C)COCC(=O)C(C)(C)C. The monoisotopic (exact) mass is 188 g/mol. The fourth-order valence-corrected chi connectivity index (χ4v) is 0.602.